The van der Waals surface area contributed by atoms with Gasteiger partial charge >= 0.3 is 6.18 Å². The van der Waals surface area contributed by atoms with E-state index in [-0.39, 0.29) is 25.8 Å². The topological polar surface area (TPSA) is 28.2 Å². The lowest BCUT2D eigenvalue weighted by atomic mass is 9.72. The normalized spacial score (nSPS) is 22.2. The standard InChI is InChI=1S/C24H32F5N3S/c1-16(2)31-23(26,24(27,28)29)22(11-10-19-8-9-20(25)33-19)12-13-32(15-22)21(4,5)18-7-6-17(3)30-14-18/h6-9,14,16,31H,10-13,15H2,1-5H3. The zero-order chi connectivity index (χ0) is 24.7. The number of nitrogens with one attached hydrogen (secondary N) is 1. The Morgan fingerprint density at radius 1 is 1.15 bits per heavy atom. The summed E-state index contributed by atoms with van der Waals surface area (Å²) >= 11 is 0.894. The number of thiophene rings is 1. The average Bonchev–Trinajstić information content (AvgIpc) is 3.33. The maximum absolute atomic E-state index is 16.3. The fourth-order valence-electron chi connectivity index (χ4n) is 4.80. The van der Waals surface area contributed by atoms with Crippen molar-refractivity contribution >= 4 is 11.3 Å². The molecule has 0 radical (unpaired) electrons. The number of hydrogen-bond acceptors (Lipinski definition) is 4. The molecule has 1 aliphatic rings. The van der Waals surface area contributed by atoms with Gasteiger partial charge in [0.2, 0.25) is 0 Å². The summed E-state index contributed by atoms with van der Waals surface area (Å²) in [6, 6.07) is 5.92. The number of aromatic nitrogens is 1. The first kappa shape index (κ1) is 26.0. The van der Waals surface area contributed by atoms with Crippen molar-refractivity contribution in [2.45, 2.75) is 77.4 Å². The fourth-order valence-corrected chi connectivity index (χ4v) is 5.53. The molecule has 2 atom stereocenters. The van der Waals surface area contributed by atoms with E-state index in [4.69, 9.17) is 0 Å². The van der Waals surface area contributed by atoms with Crippen LogP contribution in [-0.2, 0) is 12.0 Å². The van der Waals surface area contributed by atoms with Gasteiger partial charge in [-0.2, -0.15) is 17.6 Å². The number of rotatable bonds is 8. The van der Waals surface area contributed by atoms with Crippen molar-refractivity contribution in [3.63, 3.8) is 0 Å². The molecule has 0 spiro atoms. The van der Waals surface area contributed by atoms with Gasteiger partial charge in [0.1, 0.15) is 0 Å². The van der Waals surface area contributed by atoms with Gasteiger partial charge in [0, 0.05) is 40.3 Å². The predicted molar refractivity (Wildman–Crippen MR) is 121 cm³/mol. The lowest BCUT2D eigenvalue weighted by molar-refractivity contribution is -0.286. The van der Waals surface area contributed by atoms with Gasteiger partial charge in [0.25, 0.3) is 5.79 Å². The molecule has 3 heterocycles. The van der Waals surface area contributed by atoms with Crippen LogP contribution in [0.25, 0.3) is 0 Å². The van der Waals surface area contributed by atoms with Crippen molar-refractivity contribution in [2.24, 2.45) is 5.41 Å². The van der Waals surface area contributed by atoms with Crippen LogP contribution in [0.1, 0.15) is 56.7 Å². The summed E-state index contributed by atoms with van der Waals surface area (Å²) in [6.07, 6.45) is -3.23. The second-order valence-corrected chi connectivity index (χ2v) is 11.0. The Hall–Kier alpha value is -1.58. The molecule has 1 aliphatic heterocycles. The SMILES string of the molecule is Cc1ccc(C(C)(C)N2CCC(CCc3ccc(F)s3)(C(F)(NC(C)C)C(F)(F)F)C2)cn1. The Morgan fingerprint density at radius 2 is 1.85 bits per heavy atom. The third-order valence-electron chi connectivity index (χ3n) is 6.85. The highest BCUT2D eigenvalue weighted by atomic mass is 32.1. The molecule has 184 valence electrons. The summed E-state index contributed by atoms with van der Waals surface area (Å²) in [5, 5.41) is 1.84. The van der Waals surface area contributed by atoms with Crippen LogP contribution in [0.3, 0.4) is 0 Å². The molecule has 0 aliphatic carbocycles. The highest BCUT2D eigenvalue weighted by molar-refractivity contribution is 7.10. The maximum atomic E-state index is 16.3. The van der Waals surface area contributed by atoms with Gasteiger partial charge in [0.15, 0.2) is 5.13 Å². The smallest absolute Gasteiger partial charge is 0.293 e. The number of pyridine rings is 1. The van der Waals surface area contributed by atoms with Crippen molar-refractivity contribution in [3.8, 4) is 0 Å². The minimum absolute atomic E-state index is 0.0271. The summed E-state index contributed by atoms with van der Waals surface area (Å²) < 4.78 is 72.9. The zero-order valence-corrected chi connectivity index (χ0v) is 20.5. The first-order valence-electron chi connectivity index (χ1n) is 11.2. The van der Waals surface area contributed by atoms with E-state index >= 15 is 4.39 Å². The minimum atomic E-state index is -5.11. The van der Waals surface area contributed by atoms with E-state index in [1.807, 2.05) is 37.8 Å². The summed E-state index contributed by atoms with van der Waals surface area (Å²) in [5.74, 6) is -3.58. The van der Waals surface area contributed by atoms with Crippen LogP contribution in [0.4, 0.5) is 22.0 Å². The van der Waals surface area contributed by atoms with Gasteiger partial charge in [-0.05, 0) is 84.2 Å². The zero-order valence-electron chi connectivity index (χ0n) is 19.7. The third-order valence-corrected chi connectivity index (χ3v) is 7.78. The van der Waals surface area contributed by atoms with Crippen LogP contribution in [0.5, 0.6) is 0 Å². The molecule has 2 aromatic heterocycles. The van der Waals surface area contributed by atoms with Crippen LogP contribution >= 0.6 is 11.3 Å². The monoisotopic (exact) mass is 489 g/mol. The summed E-state index contributed by atoms with van der Waals surface area (Å²) in [5.41, 5.74) is -0.667. The van der Waals surface area contributed by atoms with Gasteiger partial charge in [-0.3, -0.25) is 15.2 Å². The van der Waals surface area contributed by atoms with E-state index in [0.717, 1.165) is 22.6 Å². The molecule has 0 aromatic carbocycles. The van der Waals surface area contributed by atoms with E-state index < -0.39 is 34.1 Å². The van der Waals surface area contributed by atoms with Crippen molar-refractivity contribution in [3.05, 3.63) is 51.7 Å². The number of halogens is 5. The Kier molecular flexibility index (Phi) is 7.28. The second-order valence-electron chi connectivity index (χ2n) is 9.86. The molecule has 1 fully saturated rings. The van der Waals surface area contributed by atoms with Crippen LogP contribution in [0.2, 0.25) is 0 Å². The van der Waals surface area contributed by atoms with Crippen LogP contribution in [0.15, 0.2) is 30.5 Å². The highest BCUT2D eigenvalue weighted by Crippen LogP contribution is 2.54. The maximum Gasteiger partial charge on any atom is 0.436 e. The van der Waals surface area contributed by atoms with Gasteiger partial charge < -0.3 is 0 Å². The van der Waals surface area contributed by atoms with Crippen molar-refractivity contribution < 1.29 is 22.0 Å². The molecular formula is C24H32F5N3S. The molecule has 0 amide bonds. The molecule has 1 saturated heterocycles. The molecule has 9 heteroatoms. The molecule has 2 aromatic rings. The molecule has 0 saturated carbocycles. The Bertz CT molecular complexity index is 940. The highest BCUT2D eigenvalue weighted by Gasteiger charge is 2.69. The summed E-state index contributed by atoms with van der Waals surface area (Å²) in [4.78, 5) is 6.86. The molecule has 3 rings (SSSR count). The first-order valence-corrected chi connectivity index (χ1v) is 12.0. The lowest BCUT2D eigenvalue weighted by Gasteiger charge is -2.46. The molecule has 3 nitrogen and oxygen atoms in total. The first-order chi connectivity index (χ1) is 15.2. The molecule has 1 N–H and O–H groups in total. The summed E-state index contributed by atoms with van der Waals surface area (Å²) in [6.45, 7) is 8.96. The number of nitrogens with zero attached hydrogens (tertiary/aromatic N) is 2. The van der Waals surface area contributed by atoms with Crippen LogP contribution in [0, 0.1) is 17.5 Å². The average molecular weight is 490 g/mol. The minimum Gasteiger partial charge on any atom is -0.293 e. The summed E-state index contributed by atoms with van der Waals surface area (Å²) in [7, 11) is 0. The largest absolute Gasteiger partial charge is 0.436 e. The van der Waals surface area contributed by atoms with Gasteiger partial charge in [0.05, 0.1) is 0 Å². The number of likely N-dealkylation sites (tertiary alicyclic amines) is 1. The molecule has 33 heavy (non-hydrogen) atoms. The molecular weight excluding hydrogens is 457 g/mol. The van der Waals surface area contributed by atoms with Gasteiger partial charge in [-0.1, -0.05) is 6.07 Å². The van der Waals surface area contributed by atoms with E-state index in [1.54, 1.807) is 12.3 Å². The Labute approximate surface area is 196 Å². The lowest BCUT2D eigenvalue weighted by Crippen LogP contribution is -2.66. The third kappa shape index (κ3) is 5.10. The fraction of sp³-hybridized carbons (Fsp3) is 0.625. The van der Waals surface area contributed by atoms with Crippen LogP contribution in [-0.4, -0.2) is 41.0 Å². The van der Waals surface area contributed by atoms with E-state index in [9.17, 15) is 17.6 Å². The second kappa shape index (κ2) is 9.23. The number of aryl methyl sites for hydroxylation is 2. The quantitative estimate of drug-likeness (QED) is 0.345. The van der Waals surface area contributed by atoms with Crippen molar-refractivity contribution in [1.82, 2.24) is 15.2 Å². The van der Waals surface area contributed by atoms with Gasteiger partial charge in [-0.15, -0.1) is 11.3 Å². The van der Waals surface area contributed by atoms with Crippen molar-refractivity contribution in [2.75, 3.05) is 13.1 Å². The molecule has 2 unspecified atom stereocenters. The Balaban J connectivity index is 1.99. The predicted octanol–water partition coefficient (Wildman–Crippen LogP) is 6.38. The van der Waals surface area contributed by atoms with Gasteiger partial charge in [-0.25, -0.2) is 4.39 Å². The van der Waals surface area contributed by atoms with E-state index in [0.29, 0.717) is 11.4 Å². The molecule has 0 bridgehead atoms. The number of alkyl halides is 4. The van der Waals surface area contributed by atoms with E-state index in [2.05, 4.69) is 10.3 Å². The van der Waals surface area contributed by atoms with Crippen LogP contribution < -0.4 is 5.32 Å². The van der Waals surface area contributed by atoms with Crippen molar-refractivity contribution in [1.29, 1.82) is 0 Å². The Morgan fingerprint density at radius 3 is 2.36 bits per heavy atom. The van der Waals surface area contributed by atoms with E-state index in [1.165, 1.54) is 19.9 Å². The number of hydrogen-bond donors (Lipinski definition) is 1.